The average molecular weight is 523 g/mol. The van der Waals surface area contributed by atoms with E-state index in [0.29, 0.717) is 35.2 Å². The predicted molar refractivity (Wildman–Crippen MR) is 131 cm³/mol. The number of nitrogens with zero attached hydrogens (tertiary/aromatic N) is 2. The zero-order valence-corrected chi connectivity index (χ0v) is 20.2. The van der Waals surface area contributed by atoms with Crippen LogP contribution in [0.15, 0.2) is 55.0 Å². The van der Waals surface area contributed by atoms with Crippen LogP contribution < -0.4 is 24.7 Å². The topological polar surface area (TPSA) is 126 Å². The Balaban J connectivity index is 1.42. The first-order valence-electron chi connectivity index (χ1n) is 11.6. The Labute approximate surface area is 215 Å². The summed E-state index contributed by atoms with van der Waals surface area (Å²) in [7, 11) is 1.48. The molecule has 2 aromatic heterocycles. The first-order valence-corrected chi connectivity index (χ1v) is 11.6. The molecule has 2 heterocycles. The van der Waals surface area contributed by atoms with Gasteiger partial charge in [0.05, 0.1) is 24.8 Å². The maximum absolute atomic E-state index is 15.0. The molecule has 1 fully saturated rings. The van der Waals surface area contributed by atoms with Gasteiger partial charge in [0.1, 0.15) is 23.7 Å². The molecule has 5 rings (SSSR count). The minimum Gasteiger partial charge on any atom is -0.493 e. The van der Waals surface area contributed by atoms with Crippen LogP contribution >= 0.6 is 0 Å². The van der Waals surface area contributed by atoms with Crippen molar-refractivity contribution in [2.45, 2.75) is 25.0 Å². The van der Waals surface area contributed by atoms with Crippen LogP contribution in [-0.4, -0.2) is 40.3 Å². The molecule has 1 saturated carbocycles. The smallest absolute Gasteiger partial charge is 0.254 e. The number of aromatic nitrogens is 2. The van der Waals surface area contributed by atoms with Crippen LogP contribution in [0.2, 0.25) is 0 Å². The summed E-state index contributed by atoms with van der Waals surface area (Å²) < 4.78 is 52.6. The standard InChI is InChI=1S/C27H23F2N3O6/c1-35-23-11-20-16(10-24(23)38-27(14-33)4-5-27)22(3-7-32-20)37-25-18(28)8-15(9-19(25)29)13-36-21-2-6-31-12-17(21)26(30)34/h2-3,6-12,33H,4-5,13-14H2,1H3,(H2,30,34). The van der Waals surface area contributed by atoms with Crippen molar-refractivity contribution in [3.05, 3.63) is 77.8 Å². The van der Waals surface area contributed by atoms with Crippen LogP contribution in [-0.2, 0) is 6.61 Å². The van der Waals surface area contributed by atoms with Crippen molar-refractivity contribution < 1.29 is 37.6 Å². The lowest BCUT2D eigenvalue weighted by Crippen LogP contribution is -2.22. The molecule has 0 saturated heterocycles. The van der Waals surface area contributed by atoms with E-state index in [4.69, 9.17) is 24.7 Å². The summed E-state index contributed by atoms with van der Waals surface area (Å²) in [6.45, 7) is -0.383. The van der Waals surface area contributed by atoms with E-state index in [9.17, 15) is 9.90 Å². The van der Waals surface area contributed by atoms with Crippen molar-refractivity contribution >= 4 is 16.8 Å². The van der Waals surface area contributed by atoms with Crippen molar-refractivity contribution in [3.8, 4) is 28.7 Å². The summed E-state index contributed by atoms with van der Waals surface area (Å²) in [5.74, 6) is -2.24. The highest BCUT2D eigenvalue weighted by molar-refractivity contribution is 5.95. The zero-order valence-electron chi connectivity index (χ0n) is 20.2. The molecule has 0 unspecified atom stereocenters. The summed E-state index contributed by atoms with van der Waals surface area (Å²) >= 11 is 0. The van der Waals surface area contributed by atoms with Crippen molar-refractivity contribution in [2.24, 2.45) is 5.73 Å². The summed E-state index contributed by atoms with van der Waals surface area (Å²) in [6, 6.07) is 8.28. The minimum absolute atomic E-state index is 0.0459. The number of hydrogen-bond donors (Lipinski definition) is 2. The SMILES string of the molecule is COc1cc2nccc(Oc3c(F)cc(COc4ccncc4C(N)=O)cc3F)c2cc1OC1(CO)CC1. The van der Waals surface area contributed by atoms with Crippen LogP contribution in [0.25, 0.3) is 10.9 Å². The van der Waals surface area contributed by atoms with Crippen LogP contribution in [0.4, 0.5) is 8.78 Å². The number of ether oxygens (including phenoxy) is 4. The normalized spacial score (nSPS) is 13.7. The number of methoxy groups -OCH3 is 1. The van der Waals surface area contributed by atoms with E-state index in [1.165, 1.54) is 37.8 Å². The molecule has 0 atom stereocenters. The molecule has 2 aromatic carbocycles. The van der Waals surface area contributed by atoms with Gasteiger partial charge in [0.2, 0.25) is 0 Å². The van der Waals surface area contributed by atoms with Gasteiger partial charge in [0, 0.05) is 30.0 Å². The number of halogens is 2. The summed E-state index contributed by atoms with van der Waals surface area (Å²) in [5, 5.41) is 10.1. The van der Waals surface area contributed by atoms with Crippen molar-refractivity contribution in [1.29, 1.82) is 0 Å². The Kier molecular flexibility index (Phi) is 6.68. The number of hydrogen-bond acceptors (Lipinski definition) is 8. The Bertz CT molecular complexity index is 1500. The Morgan fingerprint density at radius 1 is 1.05 bits per heavy atom. The summed E-state index contributed by atoms with van der Waals surface area (Å²) in [6.07, 6.45) is 5.47. The molecule has 0 bridgehead atoms. The molecule has 1 aliphatic rings. The van der Waals surface area contributed by atoms with E-state index in [0.717, 1.165) is 12.1 Å². The molecule has 0 radical (unpaired) electrons. The van der Waals surface area contributed by atoms with E-state index in [-0.39, 0.29) is 35.8 Å². The lowest BCUT2D eigenvalue weighted by Gasteiger charge is -2.19. The molecule has 11 heteroatoms. The average Bonchev–Trinajstić information content (AvgIpc) is 3.69. The van der Waals surface area contributed by atoms with Crippen LogP contribution in [0.1, 0.15) is 28.8 Å². The van der Waals surface area contributed by atoms with Gasteiger partial charge < -0.3 is 29.8 Å². The summed E-state index contributed by atoms with van der Waals surface area (Å²) in [5.41, 5.74) is 5.30. The largest absolute Gasteiger partial charge is 0.493 e. The number of carbonyl (C=O) groups is 1. The highest BCUT2D eigenvalue weighted by atomic mass is 19.1. The maximum atomic E-state index is 15.0. The number of benzene rings is 2. The molecular formula is C27H23F2N3O6. The van der Waals surface area contributed by atoms with Gasteiger partial charge in [-0.1, -0.05) is 0 Å². The number of fused-ring (bicyclic) bond motifs is 1. The first kappa shape index (κ1) is 25.2. The fourth-order valence-electron chi connectivity index (χ4n) is 3.88. The van der Waals surface area contributed by atoms with Gasteiger partial charge in [-0.15, -0.1) is 0 Å². The first-order chi connectivity index (χ1) is 18.3. The highest BCUT2D eigenvalue weighted by Gasteiger charge is 2.45. The van der Waals surface area contributed by atoms with Gasteiger partial charge in [-0.05, 0) is 48.7 Å². The molecule has 9 nitrogen and oxygen atoms in total. The Morgan fingerprint density at radius 3 is 2.45 bits per heavy atom. The number of nitrogens with two attached hydrogens (primary N) is 1. The molecule has 38 heavy (non-hydrogen) atoms. The fourth-order valence-corrected chi connectivity index (χ4v) is 3.88. The number of primary amides is 1. The third-order valence-corrected chi connectivity index (χ3v) is 6.12. The number of pyridine rings is 2. The molecule has 3 N–H and O–H groups in total. The molecule has 196 valence electrons. The van der Waals surface area contributed by atoms with Gasteiger partial charge in [-0.3, -0.25) is 14.8 Å². The van der Waals surface area contributed by atoms with Gasteiger partial charge in [0.15, 0.2) is 28.9 Å². The van der Waals surface area contributed by atoms with Gasteiger partial charge >= 0.3 is 0 Å². The monoisotopic (exact) mass is 523 g/mol. The summed E-state index contributed by atoms with van der Waals surface area (Å²) in [4.78, 5) is 19.6. The second-order valence-electron chi connectivity index (χ2n) is 8.79. The highest BCUT2D eigenvalue weighted by Crippen LogP contribution is 2.45. The quantitative estimate of drug-likeness (QED) is 0.315. The minimum atomic E-state index is -0.958. The van der Waals surface area contributed by atoms with E-state index < -0.39 is 28.9 Å². The number of aliphatic hydroxyl groups excluding tert-OH is 1. The second-order valence-corrected chi connectivity index (χ2v) is 8.79. The van der Waals surface area contributed by atoms with Crippen molar-refractivity contribution in [1.82, 2.24) is 9.97 Å². The van der Waals surface area contributed by atoms with Gasteiger partial charge in [-0.2, -0.15) is 0 Å². The third kappa shape index (κ3) is 5.00. The number of amides is 1. The van der Waals surface area contributed by atoms with E-state index >= 15 is 8.78 Å². The molecule has 4 aromatic rings. The van der Waals surface area contributed by atoms with E-state index in [1.807, 2.05) is 0 Å². The second kappa shape index (κ2) is 10.1. The number of rotatable bonds is 10. The predicted octanol–water partition coefficient (Wildman–Crippen LogP) is 4.29. The molecule has 0 spiro atoms. The van der Waals surface area contributed by atoms with Gasteiger partial charge in [-0.25, -0.2) is 8.78 Å². The van der Waals surface area contributed by atoms with Crippen LogP contribution in [0.5, 0.6) is 28.7 Å². The lowest BCUT2D eigenvalue weighted by molar-refractivity contribution is 0.0925. The van der Waals surface area contributed by atoms with E-state index in [2.05, 4.69) is 9.97 Å². The number of aliphatic hydroxyl groups is 1. The van der Waals surface area contributed by atoms with Crippen LogP contribution in [0, 0.1) is 11.6 Å². The molecule has 1 aliphatic carbocycles. The van der Waals surface area contributed by atoms with Crippen molar-refractivity contribution in [3.63, 3.8) is 0 Å². The Hall–Kier alpha value is -4.51. The molecule has 1 amide bonds. The fraction of sp³-hybridized carbons (Fsp3) is 0.222. The van der Waals surface area contributed by atoms with Crippen LogP contribution in [0.3, 0.4) is 0 Å². The van der Waals surface area contributed by atoms with Gasteiger partial charge in [0.25, 0.3) is 5.91 Å². The van der Waals surface area contributed by atoms with Crippen molar-refractivity contribution in [2.75, 3.05) is 13.7 Å². The lowest BCUT2D eigenvalue weighted by atomic mass is 10.1. The number of carbonyl (C=O) groups excluding carboxylic acids is 1. The molecule has 0 aliphatic heterocycles. The third-order valence-electron chi connectivity index (χ3n) is 6.12. The van der Waals surface area contributed by atoms with E-state index in [1.54, 1.807) is 12.1 Å². The zero-order chi connectivity index (χ0) is 26.9. The Morgan fingerprint density at radius 2 is 1.79 bits per heavy atom. The molecular weight excluding hydrogens is 500 g/mol. The maximum Gasteiger partial charge on any atom is 0.254 e.